The van der Waals surface area contributed by atoms with Crippen molar-refractivity contribution in [2.75, 3.05) is 50.7 Å². The number of rotatable bonds is 6. The molecular formula is C21H28N4O3. The first kappa shape index (κ1) is 18.9. The molecule has 1 aromatic rings. The van der Waals surface area contributed by atoms with Crippen molar-refractivity contribution in [2.45, 2.75) is 19.3 Å². The van der Waals surface area contributed by atoms with Gasteiger partial charge in [0, 0.05) is 63.8 Å². The minimum atomic E-state index is -0.291. The van der Waals surface area contributed by atoms with Crippen molar-refractivity contribution >= 4 is 23.4 Å². The quantitative estimate of drug-likeness (QED) is 0.784. The molecule has 1 aliphatic carbocycles. The Morgan fingerprint density at radius 1 is 1.00 bits per heavy atom. The number of carbonyl (C=O) groups is 3. The minimum absolute atomic E-state index is 0.00259. The third kappa shape index (κ3) is 4.35. The number of hydrogen-bond acceptors (Lipinski definition) is 4. The second-order valence-corrected chi connectivity index (χ2v) is 7.97. The van der Waals surface area contributed by atoms with Crippen molar-refractivity contribution in [3.63, 3.8) is 0 Å². The molecule has 7 nitrogen and oxygen atoms in total. The molecule has 1 N–H and O–H groups in total. The summed E-state index contributed by atoms with van der Waals surface area (Å²) in [6.45, 7) is 5.08. The van der Waals surface area contributed by atoms with E-state index in [4.69, 9.17) is 0 Å². The highest BCUT2D eigenvalue weighted by atomic mass is 16.2. The van der Waals surface area contributed by atoms with Crippen molar-refractivity contribution in [1.29, 1.82) is 0 Å². The van der Waals surface area contributed by atoms with Gasteiger partial charge in [-0.05, 0) is 25.0 Å². The Balaban J connectivity index is 1.17. The van der Waals surface area contributed by atoms with Crippen LogP contribution < -0.4 is 10.2 Å². The van der Waals surface area contributed by atoms with Crippen LogP contribution in [-0.2, 0) is 14.4 Å². The lowest BCUT2D eigenvalue weighted by atomic mass is 10.1. The van der Waals surface area contributed by atoms with Gasteiger partial charge in [0.1, 0.15) is 0 Å². The molecular weight excluding hydrogens is 356 g/mol. The Hall–Kier alpha value is -2.41. The lowest BCUT2D eigenvalue weighted by Crippen LogP contribution is -2.50. The molecule has 0 aromatic heterocycles. The normalized spacial score (nSPS) is 23.1. The molecule has 1 unspecified atom stereocenters. The van der Waals surface area contributed by atoms with Gasteiger partial charge in [-0.15, -0.1) is 0 Å². The molecule has 4 rings (SSSR count). The van der Waals surface area contributed by atoms with Crippen LogP contribution in [0.2, 0.25) is 0 Å². The van der Waals surface area contributed by atoms with Gasteiger partial charge in [0.05, 0.1) is 5.92 Å². The van der Waals surface area contributed by atoms with Crippen LogP contribution in [0.5, 0.6) is 0 Å². The fourth-order valence-electron chi connectivity index (χ4n) is 4.00. The van der Waals surface area contributed by atoms with Gasteiger partial charge >= 0.3 is 0 Å². The number of para-hydroxylation sites is 1. The lowest BCUT2D eigenvalue weighted by Gasteiger charge is -2.34. The average Bonchev–Trinajstić information content (AvgIpc) is 3.50. The number of nitrogens with zero attached hydrogens (tertiary/aromatic N) is 3. The number of benzene rings is 1. The first-order valence-corrected chi connectivity index (χ1v) is 10.3. The molecule has 3 amide bonds. The van der Waals surface area contributed by atoms with Crippen LogP contribution >= 0.6 is 0 Å². The summed E-state index contributed by atoms with van der Waals surface area (Å²) >= 11 is 0. The third-order valence-electron chi connectivity index (χ3n) is 5.90. The molecule has 0 radical (unpaired) electrons. The second-order valence-electron chi connectivity index (χ2n) is 7.97. The molecule has 3 fully saturated rings. The van der Waals surface area contributed by atoms with Crippen LogP contribution in [0.15, 0.2) is 30.3 Å². The van der Waals surface area contributed by atoms with E-state index in [9.17, 15) is 14.4 Å². The highest BCUT2D eigenvalue weighted by Crippen LogP contribution is 2.31. The molecule has 28 heavy (non-hydrogen) atoms. The van der Waals surface area contributed by atoms with Gasteiger partial charge in [-0.1, -0.05) is 18.2 Å². The molecule has 0 bridgehead atoms. The molecule has 3 aliphatic rings. The van der Waals surface area contributed by atoms with E-state index in [0.717, 1.165) is 51.3 Å². The summed E-state index contributed by atoms with van der Waals surface area (Å²) in [6, 6.07) is 9.50. The number of hydrogen-bond donors (Lipinski definition) is 1. The maximum Gasteiger partial charge on any atom is 0.227 e. The Morgan fingerprint density at radius 2 is 1.71 bits per heavy atom. The number of anilines is 1. The van der Waals surface area contributed by atoms with E-state index in [0.29, 0.717) is 19.0 Å². The molecule has 1 atom stereocenters. The van der Waals surface area contributed by atoms with Crippen LogP contribution in [0.25, 0.3) is 0 Å². The van der Waals surface area contributed by atoms with Gasteiger partial charge in [0.2, 0.25) is 17.7 Å². The van der Waals surface area contributed by atoms with Crippen molar-refractivity contribution in [2.24, 2.45) is 11.8 Å². The zero-order valence-electron chi connectivity index (χ0n) is 16.2. The topological polar surface area (TPSA) is 73.0 Å². The van der Waals surface area contributed by atoms with Crippen molar-refractivity contribution in [3.05, 3.63) is 30.3 Å². The van der Waals surface area contributed by atoms with E-state index in [1.807, 2.05) is 35.2 Å². The molecule has 0 spiro atoms. The van der Waals surface area contributed by atoms with Crippen LogP contribution in [-0.4, -0.2) is 73.3 Å². The number of piperazine rings is 1. The summed E-state index contributed by atoms with van der Waals surface area (Å²) in [7, 11) is 0. The molecule has 150 valence electrons. The fraction of sp³-hybridized carbons (Fsp3) is 0.571. The van der Waals surface area contributed by atoms with Gasteiger partial charge in [0.15, 0.2) is 0 Å². The van der Waals surface area contributed by atoms with E-state index in [1.165, 1.54) is 0 Å². The third-order valence-corrected chi connectivity index (χ3v) is 5.90. The Kier molecular flexibility index (Phi) is 5.62. The van der Waals surface area contributed by atoms with Crippen molar-refractivity contribution < 1.29 is 14.4 Å². The van der Waals surface area contributed by atoms with E-state index < -0.39 is 0 Å². The fourth-order valence-corrected chi connectivity index (χ4v) is 4.00. The van der Waals surface area contributed by atoms with Crippen LogP contribution in [0.4, 0.5) is 5.69 Å². The number of nitrogens with one attached hydrogen (secondary N) is 1. The van der Waals surface area contributed by atoms with E-state index >= 15 is 0 Å². The molecule has 1 aromatic carbocycles. The van der Waals surface area contributed by atoms with Gasteiger partial charge in [-0.2, -0.15) is 0 Å². The SMILES string of the molecule is O=C(NCCN1CCN(C(=O)C2CC2)CC1)C1CC(=O)N(c2ccccc2)C1. The number of amides is 3. The van der Waals surface area contributed by atoms with E-state index in [2.05, 4.69) is 10.2 Å². The first-order chi connectivity index (χ1) is 13.6. The van der Waals surface area contributed by atoms with Gasteiger partial charge in [-0.25, -0.2) is 0 Å². The largest absolute Gasteiger partial charge is 0.355 e. The molecule has 2 aliphatic heterocycles. The first-order valence-electron chi connectivity index (χ1n) is 10.3. The maximum atomic E-state index is 12.5. The minimum Gasteiger partial charge on any atom is -0.355 e. The van der Waals surface area contributed by atoms with Crippen LogP contribution in [0.3, 0.4) is 0 Å². The van der Waals surface area contributed by atoms with Crippen LogP contribution in [0, 0.1) is 11.8 Å². The smallest absolute Gasteiger partial charge is 0.227 e. The summed E-state index contributed by atoms with van der Waals surface area (Å²) in [5, 5.41) is 2.99. The van der Waals surface area contributed by atoms with Crippen molar-refractivity contribution in [1.82, 2.24) is 15.1 Å². The number of carbonyl (C=O) groups excluding carboxylic acids is 3. The summed E-state index contributed by atoms with van der Waals surface area (Å²) in [6.07, 6.45) is 2.37. The zero-order chi connectivity index (χ0) is 19.5. The lowest BCUT2D eigenvalue weighted by molar-refractivity contribution is -0.134. The van der Waals surface area contributed by atoms with E-state index in [-0.39, 0.29) is 30.1 Å². The van der Waals surface area contributed by atoms with Gasteiger partial charge in [0.25, 0.3) is 0 Å². The maximum absolute atomic E-state index is 12.5. The Labute approximate surface area is 165 Å². The summed E-state index contributed by atoms with van der Waals surface area (Å²) in [5.74, 6) is 0.273. The van der Waals surface area contributed by atoms with Crippen LogP contribution in [0.1, 0.15) is 19.3 Å². The molecule has 7 heteroatoms. The predicted octanol–water partition coefficient (Wildman–Crippen LogP) is 0.710. The standard InChI is InChI=1S/C21H28N4O3/c26-19-14-17(15-25(19)18-4-2-1-3-5-18)20(27)22-8-9-23-10-12-24(13-11-23)21(28)16-6-7-16/h1-5,16-17H,6-15H2,(H,22,27). The summed E-state index contributed by atoms with van der Waals surface area (Å²) in [5.41, 5.74) is 0.849. The van der Waals surface area contributed by atoms with Gasteiger partial charge in [-0.3, -0.25) is 19.3 Å². The Morgan fingerprint density at radius 3 is 2.39 bits per heavy atom. The average molecular weight is 384 g/mol. The van der Waals surface area contributed by atoms with Crippen molar-refractivity contribution in [3.8, 4) is 0 Å². The monoisotopic (exact) mass is 384 g/mol. The predicted molar refractivity (Wildman–Crippen MR) is 106 cm³/mol. The summed E-state index contributed by atoms with van der Waals surface area (Å²) < 4.78 is 0. The summed E-state index contributed by atoms with van der Waals surface area (Å²) in [4.78, 5) is 42.8. The van der Waals surface area contributed by atoms with E-state index in [1.54, 1.807) is 4.90 Å². The zero-order valence-corrected chi connectivity index (χ0v) is 16.2. The van der Waals surface area contributed by atoms with Gasteiger partial charge < -0.3 is 15.1 Å². The highest BCUT2D eigenvalue weighted by molar-refractivity contribution is 6.00. The molecule has 2 saturated heterocycles. The molecule has 2 heterocycles. The molecule has 1 saturated carbocycles. The highest BCUT2D eigenvalue weighted by Gasteiger charge is 2.36. The second kappa shape index (κ2) is 8.31. The Bertz CT molecular complexity index is 726.